The highest BCUT2D eigenvalue weighted by atomic mass is 16.2. The molecule has 1 aromatic carbocycles. The predicted molar refractivity (Wildman–Crippen MR) is 126 cm³/mol. The van der Waals surface area contributed by atoms with Gasteiger partial charge in [-0.05, 0) is 51.0 Å². The Bertz CT molecular complexity index is 1220. The van der Waals surface area contributed by atoms with Crippen molar-refractivity contribution in [3.05, 3.63) is 42.2 Å². The van der Waals surface area contributed by atoms with E-state index in [-0.39, 0.29) is 23.6 Å². The van der Waals surface area contributed by atoms with Crippen LogP contribution in [0.25, 0.3) is 10.9 Å². The van der Waals surface area contributed by atoms with Crippen LogP contribution < -0.4 is 10.6 Å². The second-order valence-corrected chi connectivity index (χ2v) is 7.73. The van der Waals surface area contributed by atoms with Gasteiger partial charge in [-0.1, -0.05) is 0 Å². The number of aromatic nitrogens is 3. The Hall–Kier alpha value is -4.13. The molecular formula is C23H26N8O2. The second-order valence-electron chi connectivity index (χ2n) is 7.73. The van der Waals surface area contributed by atoms with Gasteiger partial charge >= 0.3 is 12.1 Å². The summed E-state index contributed by atoms with van der Waals surface area (Å²) in [5, 5.41) is 16.2. The van der Waals surface area contributed by atoms with Crippen molar-refractivity contribution < 1.29 is 9.59 Å². The van der Waals surface area contributed by atoms with Crippen molar-refractivity contribution in [1.82, 2.24) is 24.3 Å². The fraction of sp³-hybridized carbons (Fsp3) is 0.348. The van der Waals surface area contributed by atoms with Crippen LogP contribution in [-0.4, -0.2) is 62.6 Å². The SMILES string of the molecule is CCN(CC)C(=O)n1ccc2cc(Nc3nc(NC(=O)N4CCCC4)ncc3C#N)ccc21. The predicted octanol–water partition coefficient (Wildman–Crippen LogP) is 3.98. The van der Waals surface area contributed by atoms with Gasteiger partial charge in [0.15, 0.2) is 5.82 Å². The summed E-state index contributed by atoms with van der Waals surface area (Å²) in [5.74, 6) is 0.424. The molecule has 0 aliphatic carbocycles. The number of carbonyl (C=O) groups excluding carboxylic acids is 2. The molecule has 0 spiro atoms. The van der Waals surface area contributed by atoms with Gasteiger partial charge in [0.05, 0.1) is 11.7 Å². The Morgan fingerprint density at radius 2 is 1.94 bits per heavy atom. The zero-order valence-corrected chi connectivity index (χ0v) is 18.7. The molecule has 1 fully saturated rings. The molecule has 1 aliphatic heterocycles. The zero-order chi connectivity index (χ0) is 23.4. The first-order valence-electron chi connectivity index (χ1n) is 11.0. The summed E-state index contributed by atoms with van der Waals surface area (Å²) < 4.78 is 1.63. The quantitative estimate of drug-likeness (QED) is 0.612. The molecule has 2 aromatic heterocycles. The highest BCUT2D eigenvalue weighted by Gasteiger charge is 2.19. The van der Waals surface area contributed by atoms with E-state index < -0.39 is 0 Å². The van der Waals surface area contributed by atoms with Gasteiger partial charge in [-0.2, -0.15) is 10.2 Å². The van der Waals surface area contributed by atoms with Gasteiger partial charge in [-0.3, -0.25) is 9.88 Å². The number of fused-ring (bicyclic) bond motifs is 1. The van der Waals surface area contributed by atoms with Crippen LogP contribution in [0.4, 0.5) is 27.0 Å². The molecule has 0 bridgehead atoms. The monoisotopic (exact) mass is 446 g/mol. The third kappa shape index (κ3) is 4.57. The molecular weight excluding hydrogens is 420 g/mol. The van der Waals surface area contributed by atoms with E-state index in [1.807, 2.05) is 38.1 Å². The largest absolute Gasteiger partial charge is 0.339 e. The molecule has 1 aliphatic rings. The Labute approximate surface area is 191 Å². The average Bonchev–Trinajstić information content (AvgIpc) is 3.50. The number of nitrogens with zero attached hydrogens (tertiary/aromatic N) is 6. The summed E-state index contributed by atoms with van der Waals surface area (Å²) in [5.41, 5.74) is 1.74. The van der Waals surface area contributed by atoms with E-state index >= 15 is 0 Å². The van der Waals surface area contributed by atoms with E-state index in [1.165, 1.54) is 6.20 Å². The van der Waals surface area contributed by atoms with Gasteiger partial charge in [-0.15, -0.1) is 0 Å². The summed E-state index contributed by atoms with van der Waals surface area (Å²) in [6.07, 6.45) is 5.11. The molecule has 170 valence electrons. The van der Waals surface area contributed by atoms with Crippen molar-refractivity contribution in [2.45, 2.75) is 26.7 Å². The maximum absolute atomic E-state index is 12.7. The Morgan fingerprint density at radius 3 is 2.64 bits per heavy atom. The minimum absolute atomic E-state index is 0.0725. The number of nitrogens with one attached hydrogen (secondary N) is 2. The summed E-state index contributed by atoms with van der Waals surface area (Å²) in [6, 6.07) is 9.17. The van der Waals surface area contributed by atoms with E-state index in [4.69, 9.17) is 0 Å². The molecule has 10 nitrogen and oxygen atoms in total. The number of nitriles is 1. The number of hydrogen-bond donors (Lipinski definition) is 2. The molecule has 1 saturated heterocycles. The molecule has 3 heterocycles. The molecule has 2 N–H and O–H groups in total. The van der Waals surface area contributed by atoms with Gasteiger partial charge in [0.2, 0.25) is 5.95 Å². The molecule has 10 heteroatoms. The highest BCUT2D eigenvalue weighted by molar-refractivity contribution is 5.93. The number of anilines is 3. The molecule has 4 rings (SSSR count). The van der Waals surface area contributed by atoms with Crippen LogP contribution in [0.15, 0.2) is 36.7 Å². The zero-order valence-electron chi connectivity index (χ0n) is 18.7. The van der Waals surface area contributed by atoms with Crippen LogP contribution >= 0.6 is 0 Å². The lowest BCUT2D eigenvalue weighted by molar-refractivity contribution is 0.206. The molecule has 0 unspecified atom stereocenters. The van der Waals surface area contributed by atoms with Crippen molar-refractivity contribution in [2.24, 2.45) is 0 Å². The van der Waals surface area contributed by atoms with Crippen LogP contribution in [0.1, 0.15) is 32.3 Å². The highest BCUT2D eigenvalue weighted by Crippen LogP contribution is 2.25. The van der Waals surface area contributed by atoms with Crippen LogP contribution in [0.3, 0.4) is 0 Å². The van der Waals surface area contributed by atoms with Crippen molar-refractivity contribution in [1.29, 1.82) is 5.26 Å². The van der Waals surface area contributed by atoms with Crippen LogP contribution in [0.5, 0.6) is 0 Å². The lowest BCUT2D eigenvalue weighted by Gasteiger charge is -2.19. The van der Waals surface area contributed by atoms with Gasteiger partial charge in [-0.25, -0.2) is 14.6 Å². The van der Waals surface area contributed by atoms with Gasteiger partial charge in [0.1, 0.15) is 11.6 Å². The summed E-state index contributed by atoms with van der Waals surface area (Å²) in [7, 11) is 0. The van der Waals surface area contributed by atoms with Crippen LogP contribution in [0, 0.1) is 11.3 Å². The van der Waals surface area contributed by atoms with Crippen LogP contribution in [0.2, 0.25) is 0 Å². The number of urea groups is 1. The number of amides is 3. The second kappa shape index (κ2) is 9.56. The van der Waals surface area contributed by atoms with Crippen molar-refractivity contribution >= 4 is 40.4 Å². The van der Waals surface area contributed by atoms with E-state index in [9.17, 15) is 14.9 Å². The Kier molecular flexibility index (Phi) is 6.40. The topological polar surface area (TPSA) is 119 Å². The molecule has 3 aromatic rings. The standard InChI is InChI=1S/C23H26N8O2/c1-3-29(4-2)23(33)31-12-9-16-13-18(7-8-19(16)31)26-20-17(14-24)15-25-21(27-20)28-22(32)30-10-5-6-11-30/h7-9,12-13,15H,3-6,10-11H2,1-2H3,(H2,25,26,27,28,32). The number of carbonyl (C=O) groups is 2. The average molecular weight is 447 g/mol. The van der Waals surface area contributed by atoms with Gasteiger partial charge in [0.25, 0.3) is 0 Å². The molecule has 3 amide bonds. The first-order chi connectivity index (χ1) is 16.0. The third-order valence-corrected chi connectivity index (χ3v) is 5.71. The summed E-state index contributed by atoms with van der Waals surface area (Å²) in [6.45, 7) is 6.59. The third-order valence-electron chi connectivity index (χ3n) is 5.71. The Balaban J connectivity index is 1.56. The van der Waals surface area contributed by atoms with E-state index in [0.29, 0.717) is 37.7 Å². The lowest BCUT2D eigenvalue weighted by Crippen LogP contribution is -2.33. The number of likely N-dealkylation sites (tertiary alicyclic amines) is 1. The van der Waals surface area contributed by atoms with Gasteiger partial charge < -0.3 is 15.1 Å². The fourth-order valence-electron chi connectivity index (χ4n) is 3.88. The number of hydrogen-bond acceptors (Lipinski definition) is 6. The van der Waals surface area contributed by atoms with Crippen molar-refractivity contribution in [3.8, 4) is 6.07 Å². The number of benzene rings is 1. The minimum Gasteiger partial charge on any atom is -0.339 e. The normalized spacial score (nSPS) is 13.1. The maximum atomic E-state index is 12.7. The van der Waals surface area contributed by atoms with E-state index in [2.05, 4.69) is 26.7 Å². The molecule has 0 radical (unpaired) electrons. The Morgan fingerprint density at radius 1 is 1.18 bits per heavy atom. The van der Waals surface area contributed by atoms with Gasteiger partial charge in [0, 0.05) is 43.4 Å². The first-order valence-corrected chi connectivity index (χ1v) is 11.0. The first kappa shape index (κ1) is 22.1. The minimum atomic E-state index is -0.246. The van der Waals surface area contributed by atoms with Crippen molar-refractivity contribution in [2.75, 3.05) is 36.8 Å². The summed E-state index contributed by atoms with van der Waals surface area (Å²) >= 11 is 0. The van der Waals surface area contributed by atoms with E-state index in [0.717, 1.165) is 23.7 Å². The van der Waals surface area contributed by atoms with Crippen molar-refractivity contribution in [3.63, 3.8) is 0 Å². The summed E-state index contributed by atoms with van der Waals surface area (Å²) in [4.78, 5) is 37.0. The maximum Gasteiger partial charge on any atom is 0.328 e. The fourth-order valence-corrected chi connectivity index (χ4v) is 3.88. The number of rotatable bonds is 5. The van der Waals surface area contributed by atoms with Crippen LogP contribution in [-0.2, 0) is 0 Å². The molecule has 33 heavy (non-hydrogen) atoms. The smallest absolute Gasteiger partial charge is 0.328 e. The molecule has 0 saturated carbocycles. The lowest BCUT2D eigenvalue weighted by atomic mass is 10.2. The molecule has 0 atom stereocenters. The van der Waals surface area contributed by atoms with E-state index in [1.54, 1.807) is 20.6 Å².